The lowest BCUT2D eigenvalue weighted by Gasteiger charge is -2.31. The number of carbonyl (C=O) groups excluding carboxylic acids is 1. The Balaban J connectivity index is 1.36. The first-order valence-corrected chi connectivity index (χ1v) is 10.2. The van der Waals surface area contributed by atoms with Gasteiger partial charge < -0.3 is 9.80 Å². The van der Waals surface area contributed by atoms with Gasteiger partial charge in [0.25, 0.3) is 5.56 Å². The summed E-state index contributed by atoms with van der Waals surface area (Å²) >= 11 is 0. The van der Waals surface area contributed by atoms with E-state index in [9.17, 15) is 14.0 Å². The number of hydrogen-bond donors (Lipinski definition) is 0. The van der Waals surface area contributed by atoms with Crippen molar-refractivity contribution in [1.82, 2.24) is 19.4 Å². The van der Waals surface area contributed by atoms with Gasteiger partial charge in [0.1, 0.15) is 0 Å². The molecular formula is C21H24FN5O2. The third-order valence-electron chi connectivity index (χ3n) is 6.84. The molecule has 5 rings (SSSR count). The molecule has 3 atom stereocenters. The van der Waals surface area contributed by atoms with Crippen molar-refractivity contribution in [1.29, 1.82) is 0 Å². The van der Waals surface area contributed by atoms with Crippen molar-refractivity contribution in [3.8, 4) is 11.3 Å². The molecule has 3 fully saturated rings. The number of nitrogens with zero attached hydrogens (tertiary/aromatic N) is 5. The first-order chi connectivity index (χ1) is 14.0. The Morgan fingerprint density at radius 3 is 2.62 bits per heavy atom. The van der Waals surface area contributed by atoms with Gasteiger partial charge in [-0.1, -0.05) is 6.42 Å². The van der Waals surface area contributed by atoms with E-state index in [1.54, 1.807) is 7.05 Å². The number of carbonyl (C=O) groups is 1. The summed E-state index contributed by atoms with van der Waals surface area (Å²) in [5, 5.41) is 0. The molecule has 3 aliphatic rings. The second-order valence-electron chi connectivity index (χ2n) is 8.49. The van der Waals surface area contributed by atoms with Crippen LogP contribution in [0.2, 0.25) is 0 Å². The lowest BCUT2D eigenvalue weighted by atomic mass is 9.84. The average molecular weight is 397 g/mol. The highest BCUT2D eigenvalue weighted by Crippen LogP contribution is 2.50. The summed E-state index contributed by atoms with van der Waals surface area (Å²) in [6.07, 6.45) is 5.82. The van der Waals surface area contributed by atoms with Crippen molar-refractivity contribution in [3.63, 3.8) is 0 Å². The molecule has 0 unspecified atom stereocenters. The molecule has 1 saturated heterocycles. The van der Waals surface area contributed by atoms with Crippen LogP contribution in [0.25, 0.3) is 11.3 Å². The molecule has 29 heavy (non-hydrogen) atoms. The third-order valence-corrected chi connectivity index (χ3v) is 6.84. The predicted molar refractivity (Wildman–Crippen MR) is 106 cm³/mol. The van der Waals surface area contributed by atoms with Crippen LogP contribution in [0.1, 0.15) is 19.3 Å². The monoisotopic (exact) mass is 397 g/mol. The molecule has 2 aromatic rings. The average Bonchev–Trinajstić information content (AvgIpc) is 3.15. The topological polar surface area (TPSA) is 71.3 Å². The first kappa shape index (κ1) is 18.3. The van der Waals surface area contributed by atoms with Gasteiger partial charge in [0.2, 0.25) is 11.9 Å². The fourth-order valence-corrected chi connectivity index (χ4v) is 4.86. The van der Waals surface area contributed by atoms with E-state index in [0.717, 1.165) is 38.5 Å². The van der Waals surface area contributed by atoms with Gasteiger partial charge >= 0.3 is 0 Å². The number of amides is 1. The highest BCUT2D eigenvalue weighted by Gasteiger charge is 2.59. The number of rotatable bonds is 4. The largest absolute Gasteiger partial charge is 0.342 e. The molecule has 152 valence electrons. The van der Waals surface area contributed by atoms with E-state index in [1.165, 1.54) is 22.9 Å². The third kappa shape index (κ3) is 2.92. The Morgan fingerprint density at radius 2 is 2.00 bits per heavy atom. The number of fused-ring (bicyclic) bond motifs is 1. The molecule has 2 saturated carbocycles. The van der Waals surface area contributed by atoms with Crippen molar-refractivity contribution in [2.45, 2.75) is 25.3 Å². The molecule has 0 spiro atoms. The molecule has 0 radical (unpaired) electrons. The maximum atomic E-state index is 14.2. The normalized spacial score (nSPS) is 25.5. The molecule has 3 heterocycles. The van der Waals surface area contributed by atoms with Crippen molar-refractivity contribution < 1.29 is 9.18 Å². The Labute approximate surface area is 168 Å². The van der Waals surface area contributed by atoms with Gasteiger partial charge in [-0.25, -0.2) is 9.37 Å². The van der Waals surface area contributed by atoms with Crippen LogP contribution in [-0.4, -0.2) is 51.5 Å². The highest BCUT2D eigenvalue weighted by atomic mass is 19.1. The lowest BCUT2D eigenvalue weighted by Crippen LogP contribution is -2.42. The summed E-state index contributed by atoms with van der Waals surface area (Å²) in [4.78, 5) is 37.4. The van der Waals surface area contributed by atoms with E-state index >= 15 is 0 Å². The Bertz CT molecular complexity index is 1020. The number of anilines is 1. The molecule has 0 bridgehead atoms. The molecule has 2 aromatic heterocycles. The molecule has 1 aliphatic heterocycles. The summed E-state index contributed by atoms with van der Waals surface area (Å²) in [7, 11) is 3.61. The van der Waals surface area contributed by atoms with Crippen molar-refractivity contribution in [2.24, 2.45) is 24.8 Å². The van der Waals surface area contributed by atoms with Crippen molar-refractivity contribution in [2.75, 3.05) is 25.0 Å². The van der Waals surface area contributed by atoms with Crippen LogP contribution in [-0.2, 0) is 11.8 Å². The maximum Gasteiger partial charge on any atom is 0.255 e. The quantitative estimate of drug-likeness (QED) is 0.785. The fourth-order valence-electron chi connectivity index (χ4n) is 4.86. The van der Waals surface area contributed by atoms with Gasteiger partial charge in [-0.05, 0) is 18.9 Å². The van der Waals surface area contributed by atoms with Crippen molar-refractivity contribution in [3.05, 3.63) is 40.7 Å². The number of aromatic nitrogens is 3. The van der Waals surface area contributed by atoms with Crippen LogP contribution in [0.5, 0.6) is 0 Å². The van der Waals surface area contributed by atoms with E-state index in [2.05, 4.69) is 9.97 Å². The van der Waals surface area contributed by atoms with E-state index in [1.807, 2.05) is 16.8 Å². The maximum absolute atomic E-state index is 14.2. The minimum Gasteiger partial charge on any atom is -0.342 e. The van der Waals surface area contributed by atoms with Crippen LogP contribution in [0.3, 0.4) is 0 Å². The standard InChI is InChI=1S/C21H24FN5O2/c1-25-18(28)8-17(13-6-7-23-9-16(13)22)24-21(25)26(2)19-14-10-27(11-15(14)19)20(29)12-4-3-5-12/h6-9,12,14-15,19H,3-5,10-11H2,1-2H3/t14-,15+,19-. The van der Waals surface area contributed by atoms with E-state index < -0.39 is 5.82 Å². The fraction of sp³-hybridized carbons (Fsp3) is 0.524. The van der Waals surface area contributed by atoms with Crippen LogP contribution >= 0.6 is 0 Å². The van der Waals surface area contributed by atoms with Crippen molar-refractivity contribution >= 4 is 11.9 Å². The molecule has 2 aliphatic carbocycles. The zero-order valence-corrected chi connectivity index (χ0v) is 16.6. The van der Waals surface area contributed by atoms with Gasteiger partial charge in [0.05, 0.1) is 11.9 Å². The van der Waals surface area contributed by atoms with Gasteiger partial charge in [0, 0.05) is 68.8 Å². The van der Waals surface area contributed by atoms with Crippen LogP contribution < -0.4 is 10.5 Å². The second kappa shape index (κ2) is 6.64. The summed E-state index contributed by atoms with van der Waals surface area (Å²) < 4.78 is 15.6. The van der Waals surface area contributed by atoms with E-state index in [0.29, 0.717) is 29.4 Å². The second-order valence-corrected chi connectivity index (χ2v) is 8.49. The first-order valence-electron chi connectivity index (χ1n) is 10.2. The zero-order valence-electron chi connectivity index (χ0n) is 16.6. The van der Waals surface area contributed by atoms with E-state index in [4.69, 9.17) is 0 Å². The molecule has 8 heteroatoms. The summed E-state index contributed by atoms with van der Waals surface area (Å²) in [5.41, 5.74) is 0.337. The molecule has 7 nitrogen and oxygen atoms in total. The number of pyridine rings is 1. The minimum absolute atomic E-state index is 0.234. The molecule has 0 N–H and O–H groups in total. The summed E-state index contributed by atoms with van der Waals surface area (Å²) in [5.74, 6) is 1.36. The predicted octanol–water partition coefficient (Wildman–Crippen LogP) is 1.67. The van der Waals surface area contributed by atoms with Gasteiger partial charge in [-0.15, -0.1) is 0 Å². The SMILES string of the molecule is CN(c1nc(-c2ccncc2F)cc(=O)n1C)[C@@H]1[C@@H]2CN(C(=O)C3CCC3)C[C@@H]21. The number of piperidine rings is 1. The molecule has 1 amide bonds. The van der Waals surface area contributed by atoms with Crippen LogP contribution in [0, 0.1) is 23.6 Å². The minimum atomic E-state index is -0.504. The number of halogens is 1. The molecule has 0 aromatic carbocycles. The number of likely N-dealkylation sites (tertiary alicyclic amines) is 1. The highest BCUT2D eigenvalue weighted by molar-refractivity contribution is 5.80. The summed E-state index contributed by atoms with van der Waals surface area (Å²) in [6, 6.07) is 3.12. The van der Waals surface area contributed by atoms with Gasteiger partial charge in [-0.2, -0.15) is 0 Å². The Morgan fingerprint density at radius 1 is 1.28 bits per heavy atom. The number of hydrogen-bond acceptors (Lipinski definition) is 5. The zero-order chi connectivity index (χ0) is 20.3. The molecular weight excluding hydrogens is 373 g/mol. The Hall–Kier alpha value is -2.77. The van der Waals surface area contributed by atoms with E-state index in [-0.39, 0.29) is 23.1 Å². The van der Waals surface area contributed by atoms with Crippen LogP contribution in [0.4, 0.5) is 10.3 Å². The lowest BCUT2D eigenvalue weighted by molar-refractivity contribution is -0.137. The van der Waals surface area contributed by atoms with Gasteiger partial charge in [-0.3, -0.25) is 19.1 Å². The van der Waals surface area contributed by atoms with Gasteiger partial charge in [0.15, 0.2) is 5.82 Å². The summed E-state index contributed by atoms with van der Waals surface area (Å²) in [6.45, 7) is 1.56. The smallest absolute Gasteiger partial charge is 0.255 e. The Kier molecular flexibility index (Phi) is 4.18. The van der Waals surface area contributed by atoms with Crippen LogP contribution in [0.15, 0.2) is 29.3 Å².